The normalized spacial score (nSPS) is 22.5. The minimum Gasteiger partial charge on any atom is -0.414 e. The molecule has 1 aliphatic rings. The van der Waals surface area contributed by atoms with Crippen molar-refractivity contribution in [2.45, 2.75) is 141 Å². The first-order valence-electron chi connectivity index (χ1n) is 16.0. The quantitative estimate of drug-likeness (QED) is 0.224. The van der Waals surface area contributed by atoms with Gasteiger partial charge in [-0.3, -0.25) is 9.36 Å². The van der Waals surface area contributed by atoms with E-state index in [4.69, 9.17) is 23.0 Å². The molecule has 3 aromatic rings. The Morgan fingerprint density at radius 1 is 0.889 bits per heavy atom. The SMILES string of the molecule is CC(C)(C)[Si](C)(C)OC[C@H]1O[C@@H](n2cnc3c(=O)[nH]c(-c4ccsc4)nc32)[C@H](O[Si](C)(C)C(C)(C)C)[C@@H]1O[Si](C)(C)C(C)(C)C. The summed E-state index contributed by atoms with van der Waals surface area (Å²) in [6.07, 6.45) is -0.181. The molecule has 1 aliphatic heterocycles. The van der Waals surface area contributed by atoms with Crippen LogP contribution < -0.4 is 5.56 Å². The molecule has 4 heterocycles. The summed E-state index contributed by atoms with van der Waals surface area (Å²) in [5.41, 5.74) is 1.30. The molecule has 0 amide bonds. The lowest BCUT2D eigenvalue weighted by Gasteiger charge is -2.44. The Morgan fingerprint density at radius 2 is 1.44 bits per heavy atom. The summed E-state index contributed by atoms with van der Waals surface area (Å²) in [4.78, 5) is 25.6. The van der Waals surface area contributed by atoms with Crippen molar-refractivity contribution < 1.29 is 18.0 Å². The Labute approximate surface area is 276 Å². The third kappa shape index (κ3) is 7.35. The van der Waals surface area contributed by atoms with Crippen molar-refractivity contribution in [2.24, 2.45) is 0 Å². The van der Waals surface area contributed by atoms with E-state index < -0.39 is 37.3 Å². The molecular formula is C32H56N4O5SSi3. The summed E-state index contributed by atoms with van der Waals surface area (Å²) in [6, 6.07) is 1.95. The molecule has 252 valence electrons. The van der Waals surface area contributed by atoms with Gasteiger partial charge in [-0.05, 0) is 65.8 Å². The molecule has 1 saturated heterocycles. The molecule has 1 N–H and O–H groups in total. The van der Waals surface area contributed by atoms with Gasteiger partial charge in [-0.25, -0.2) is 9.97 Å². The highest BCUT2D eigenvalue weighted by molar-refractivity contribution is 7.08. The van der Waals surface area contributed by atoms with Gasteiger partial charge >= 0.3 is 0 Å². The standard InChI is InChI=1S/C32H56N4O5SSi3/c1-30(2,3)43(10,11)38-18-22-24(40-44(12,13)31(4,5)6)25(41-45(14,15)32(7,8)9)29(39-22)36-20-33-23-27(36)34-26(35-28(23)37)21-16-17-42-19-21/h16-17,19-20,22,24-25,29H,18H2,1-15H3,(H,34,35,37)/t22-,24-,25-,29-/m1/s1. The monoisotopic (exact) mass is 692 g/mol. The van der Waals surface area contributed by atoms with E-state index in [-0.39, 0.29) is 38.4 Å². The molecule has 0 spiro atoms. The predicted octanol–water partition coefficient (Wildman–Crippen LogP) is 8.55. The highest BCUT2D eigenvalue weighted by Crippen LogP contribution is 2.47. The van der Waals surface area contributed by atoms with E-state index in [1.54, 1.807) is 17.7 Å². The molecule has 13 heteroatoms. The van der Waals surface area contributed by atoms with Crippen LogP contribution >= 0.6 is 11.3 Å². The summed E-state index contributed by atoms with van der Waals surface area (Å²) in [5, 5.41) is 3.91. The molecule has 0 unspecified atom stereocenters. The van der Waals surface area contributed by atoms with Crippen LogP contribution in [0.4, 0.5) is 0 Å². The van der Waals surface area contributed by atoms with Crippen LogP contribution in [0.2, 0.25) is 54.4 Å². The van der Waals surface area contributed by atoms with Gasteiger partial charge in [0.1, 0.15) is 24.1 Å². The van der Waals surface area contributed by atoms with E-state index in [9.17, 15) is 4.79 Å². The zero-order valence-corrected chi connectivity index (χ0v) is 33.9. The van der Waals surface area contributed by atoms with Gasteiger partial charge in [0.25, 0.3) is 5.56 Å². The lowest BCUT2D eigenvalue weighted by molar-refractivity contribution is -0.0470. The number of thiophene rings is 1. The largest absolute Gasteiger partial charge is 0.414 e. The fourth-order valence-corrected chi connectivity index (χ4v) is 8.78. The molecule has 0 aromatic carbocycles. The number of hydrogen-bond donors (Lipinski definition) is 1. The fraction of sp³-hybridized carbons (Fsp3) is 0.719. The van der Waals surface area contributed by atoms with Crippen LogP contribution in [0.3, 0.4) is 0 Å². The molecule has 4 rings (SSSR count). The number of hydrogen-bond acceptors (Lipinski definition) is 8. The molecule has 0 aliphatic carbocycles. The first kappa shape index (κ1) is 36.4. The lowest BCUT2D eigenvalue weighted by atomic mass is 10.1. The predicted molar refractivity (Wildman–Crippen MR) is 193 cm³/mol. The average molecular weight is 693 g/mol. The number of nitrogens with one attached hydrogen (secondary N) is 1. The molecule has 0 saturated carbocycles. The van der Waals surface area contributed by atoms with E-state index in [1.165, 1.54) is 0 Å². The Bertz CT molecular complexity index is 1530. The maximum absolute atomic E-state index is 13.2. The van der Waals surface area contributed by atoms with Crippen molar-refractivity contribution in [1.82, 2.24) is 19.5 Å². The van der Waals surface area contributed by atoms with Gasteiger partial charge in [0.05, 0.1) is 12.9 Å². The maximum atomic E-state index is 13.2. The van der Waals surface area contributed by atoms with Crippen molar-refractivity contribution in [1.29, 1.82) is 0 Å². The number of rotatable bonds is 9. The highest BCUT2D eigenvalue weighted by Gasteiger charge is 2.55. The molecular weight excluding hydrogens is 637 g/mol. The maximum Gasteiger partial charge on any atom is 0.279 e. The number of ether oxygens (including phenoxy) is 1. The van der Waals surface area contributed by atoms with Gasteiger partial charge < -0.3 is 23.0 Å². The summed E-state index contributed by atoms with van der Waals surface area (Å²) in [6.45, 7) is 34.2. The van der Waals surface area contributed by atoms with Crippen LogP contribution in [0.15, 0.2) is 27.9 Å². The smallest absolute Gasteiger partial charge is 0.279 e. The van der Waals surface area contributed by atoms with E-state index >= 15 is 0 Å². The second-order valence-electron chi connectivity index (χ2n) is 17.1. The molecule has 3 aromatic heterocycles. The third-order valence-corrected chi connectivity index (χ3v) is 24.8. The van der Waals surface area contributed by atoms with Crippen LogP contribution in [-0.4, -0.2) is 69.4 Å². The van der Waals surface area contributed by atoms with Gasteiger partial charge in [0.2, 0.25) is 0 Å². The van der Waals surface area contributed by atoms with Crippen LogP contribution in [0.1, 0.15) is 68.5 Å². The molecule has 45 heavy (non-hydrogen) atoms. The summed E-state index contributed by atoms with van der Waals surface area (Å²) >= 11 is 1.56. The van der Waals surface area contributed by atoms with Crippen LogP contribution in [0, 0.1) is 0 Å². The second kappa shape index (κ2) is 12.2. The van der Waals surface area contributed by atoms with Crippen molar-refractivity contribution in [3.63, 3.8) is 0 Å². The van der Waals surface area contributed by atoms with Gasteiger partial charge in [-0.15, -0.1) is 0 Å². The summed E-state index contributed by atoms with van der Waals surface area (Å²) in [7, 11) is -6.73. The highest BCUT2D eigenvalue weighted by atomic mass is 32.1. The van der Waals surface area contributed by atoms with E-state index in [1.807, 2.05) is 21.4 Å². The summed E-state index contributed by atoms with van der Waals surface area (Å²) in [5.74, 6) is 0.502. The van der Waals surface area contributed by atoms with Gasteiger partial charge in [-0.2, -0.15) is 11.3 Å². The Hall–Kier alpha value is -1.46. The number of aromatic amines is 1. The van der Waals surface area contributed by atoms with Crippen molar-refractivity contribution in [3.8, 4) is 11.4 Å². The average Bonchev–Trinajstić information content (AvgIpc) is 3.61. The topological polar surface area (TPSA) is 100 Å². The van der Waals surface area contributed by atoms with Crippen molar-refractivity contribution in [3.05, 3.63) is 33.5 Å². The molecule has 9 nitrogen and oxygen atoms in total. The Kier molecular flexibility index (Phi) is 9.87. The fourth-order valence-electron chi connectivity index (χ4n) is 4.52. The number of nitrogens with zero attached hydrogens (tertiary/aromatic N) is 3. The molecule has 0 radical (unpaired) electrons. The Balaban J connectivity index is 1.88. The number of H-pyrrole nitrogens is 1. The third-order valence-electron chi connectivity index (χ3n) is 10.7. The lowest BCUT2D eigenvalue weighted by Crippen LogP contribution is -2.54. The molecule has 1 fully saturated rings. The first-order valence-corrected chi connectivity index (χ1v) is 25.7. The zero-order valence-electron chi connectivity index (χ0n) is 30.1. The number of fused-ring (bicyclic) bond motifs is 1. The summed E-state index contributed by atoms with van der Waals surface area (Å²) < 4.78 is 30.2. The Morgan fingerprint density at radius 3 is 1.96 bits per heavy atom. The number of imidazole rings is 1. The second-order valence-corrected chi connectivity index (χ2v) is 32.2. The van der Waals surface area contributed by atoms with Gasteiger partial charge in [-0.1, -0.05) is 62.3 Å². The van der Waals surface area contributed by atoms with E-state index in [2.05, 4.69) is 112 Å². The van der Waals surface area contributed by atoms with Crippen molar-refractivity contribution >= 4 is 47.5 Å². The van der Waals surface area contributed by atoms with Crippen molar-refractivity contribution in [2.75, 3.05) is 6.61 Å². The van der Waals surface area contributed by atoms with Gasteiger partial charge in [0, 0.05) is 10.9 Å². The minimum absolute atomic E-state index is 0.0244. The van der Waals surface area contributed by atoms with E-state index in [0.29, 0.717) is 18.1 Å². The van der Waals surface area contributed by atoms with Crippen LogP contribution in [0.5, 0.6) is 0 Å². The van der Waals surface area contributed by atoms with E-state index in [0.717, 1.165) is 5.56 Å². The van der Waals surface area contributed by atoms with Crippen LogP contribution in [0.25, 0.3) is 22.6 Å². The first-order chi connectivity index (χ1) is 20.4. The molecule has 0 bridgehead atoms. The minimum atomic E-state index is -2.34. The number of aromatic nitrogens is 4. The molecule has 4 atom stereocenters. The van der Waals surface area contributed by atoms with Crippen LogP contribution in [-0.2, 0) is 18.0 Å². The van der Waals surface area contributed by atoms with Gasteiger partial charge in [0.15, 0.2) is 42.3 Å². The zero-order chi connectivity index (χ0) is 34.0.